The first-order chi connectivity index (χ1) is 6.79. The number of nitrogens with one attached hydrogen (secondary N) is 1. The van der Waals surface area contributed by atoms with Gasteiger partial charge in [-0.1, -0.05) is 20.8 Å². The number of amides is 1. The molecule has 1 N–H and O–H groups in total. The fourth-order valence-corrected chi connectivity index (χ4v) is 1.29. The van der Waals surface area contributed by atoms with Crippen LogP contribution in [-0.2, 0) is 4.79 Å². The number of alkyl halides is 3. The Morgan fingerprint density at radius 1 is 1.33 bits per heavy atom. The van der Waals surface area contributed by atoms with Gasteiger partial charge in [-0.25, -0.2) is 0 Å². The van der Waals surface area contributed by atoms with E-state index in [9.17, 15) is 18.0 Å². The quantitative estimate of drug-likeness (QED) is 0.788. The molecule has 0 aliphatic rings. The first kappa shape index (κ1) is 16.7. The predicted octanol–water partition coefficient (Wildman–Crippen LogP) is 3.13. The zero-order valence-corrected chi connectivity index (χ0v) is 9.90. The second kappa shape index (κ2) is 7.54. The first-order valence-corrected chi connectivity index (χ1v) is 5.12. The molecule has 2 unspecified atom stereocenters. The van der Waals surface area contributed by atoms with Gasteiger partial charge < -0.3 is 5.32 Å². The molecule has 1 amide bonds. The van der Waals surface area contributed by atoms with Crippen LogP contribution in [0.5, 0.6) is 0 Å². The highest BCUT2D eigenvalue weighted by Gasteiger charge is 2.41. The maximum atomic E-state index is 12.3. The van der Waals surface area contributed by atoms with Crippen LogP contribution in [-0.4, -0.2) is 18.1 Å². The summed E-state index contributed by atoms with van der Waals surface area (Å²) in [5.41, 5.74) is 0. The van der Waals surface area contributed by atoms with E-state index in [2.05, 4.69) is 5.32 Å². The maximum absolute atomic E-state index is 12.3. The number of carbonyl (C=O) groups excluding carboxylic acids is 1. The van der Waals surface area contributed by atoms with Crippen molar-refractivity contribution < 1.29 is 18.0 Å². The summed E-state index contributed by atoms with van der Waals surface area (Å²) in [7, 11) is 0. The maximum Gasteiger partial charge on any atom is 0.393 e. The molecule has 0 aliphatic carbocycles. The molecule has 2 atom stereocenters. The molecule has 0 aliphatic heterocycles. The fraction of sp³-hybridized carbons (Fsp3) is 0.900. The third kappa shape index (κ3) is 7.22. The average molecular weight is 227 g/mol. The Bertz CT molecular complexity index is 180. The summed E-state index contributed by atoms with van der Waals surface area (Å²) in [6.45, 7) is 8.03. The van der Waals surface area contributed by atoms with Gasteiger partial charge in [0.15, 0.2) is 0 Å². The molecule has 0 radical (unpaired) electrons. The third-order valence-electron chi connectivity index (χ3n) is 1.89. The lowest BCUT2D eigenvalue weighted by molar-refractivity contribution is -0.182. The molecular weight excluding hydrogens is 207 g/mol. The largest absolute Gasteiger partial charge is 0.393 e. The van der Waals surface area contributed by atoms with Crippen molar-refractivity contribution in [1.29, 1.82) is 0 Å². The Kier molecular flexibility index (Phi) is 8.38. The van der Waals surface area contributed by atoms with E-state index in [4.69, 9.17) is 0 Å². The van der Waals surface area contributed by atoms with Crippen molar-refractivity contribution in [2.24, 2.45) is 5.92 Å². The minimum Gasteiger partial charge on any atom is -0.353 e. The molecule has 0 heterocycles. The van der Waals surface area contributed by atoms with Crippen LogP contribution in [0, 0.1) is 5.92 Å². The number of hydrogen-bond acceptors (Lipinski definition) is 1. The molecule has 15 heavy (non-hydrogen) atoms. The van der Waals surface area contributed by atoms with Gasteiger partial charge in [0, 0.05) is 13.0 Å². The minimum atomic E-state index is -4.24. The molecule has 0 aromatic heterocycles. The molecule has 0 rings (SSSR count). The van der Waals surface area contributed by atoms with Gasteiger partial charge in [-0.05, 0) is 13.3 Å². The average Bonchev–Trinajstić information content (AvgIpc) is 2.04. The Hall–Kier alpha value is -0.740. The standard InChI is InChI=1S/C8H14F3NO.C2H6/c1-4-7(8(9,10)11)5(2)12-6(3)13;1-2/h5,7H,4H2,1-3H3,(H,12,13);1-2H3. The highest BCUT2D eigenvalue weighted by Crippen LogP contribution is 2.31. The van der Waals surface area contributed by atoms with Crippen LogP contribution >= 0.6 is 0 Å². The summed E-state index contributed by atoms with van der Waals surface area (Å²) in [5, 5.41) is 2.24. The number of hydrogen-bond donors (Lipinski definition) is 1. The van der Waals surface area contributed by atoms with Crippen LogP contribution < -0.4 is 5.32 Å². The number of carbonyl (C=O) groups is 1. The van der Waals surface area contributed by atoms with Gasteiger partial charge >= 0.3 is 6.18 Å². The van der Waals surface area contributed by atoms with Crippen LogP contribution in [0.25, 0.3) is 0 Å². The van der Waals surface area contributed by atoms with Gasteiger partial charge in [-0.2, -0.15) is 13.2 Å². The molecule has 2 nitrogen and oxygen atoms in total. The van der Waals surface area contributed by atoms with Gasteiger partial charge in [0.1, 0.15) is 0 Å². The van der Waals surface area contributed by atoms with Gasteiger partial charge in [-0.15, -0.1) is 0 Å². The van der Waals surface area contributed by atoms with E-state index in [1.165, 1.54) is 20.8 Å². The minimum absolute atomic E-state index is 0.0229. The lowest BCUT2D eigenvalue weighted by Gasteiger charge is -2.25. The van der Waals surface area contributed by atoms with E-state index in [1.54, 1.807) is 0 Å². The molecule has 0 fully saturated rings. The second-order valence-corrected chi connectivity index (χ2v) is 3.05. The lowest BCUT2D eigenvalue weighted by atomic mass is 9.98. The highest BCUT2D eigenvalue weighted by atomic mass is 19.4. The van der Waals surface area contributed by atoms with E-state index >= 15 is 0 Å². The summed E-state index contributed by atoms with van der Waals surface area (Å²) >= 11 is 0. The van der Waals surface area contributed by atoms with Crippen LogP contribution in [0.3, 0.4) is 0 Å². The molecule has 0 aromatic carbocycles. The van der Waals surface area contributed by atoms with E-state index in [1.807, 2.05) is 13.8 Å². The zero-order chi connectivity index (χ0) is 12.6. The molecule has 0 spiro atoms. The SMILES string of the molecule is CC.CCC(C(C)NC(C)=O)C(F)(F)F. The third-order valence-corrected chi connectivity index (χ3v) is 1.89. The summed E-state index contributed by atoms with van der Waals surface area (Å²) in [6, 6.07) is -0.859. The van der Waals surface area contributed by atoms with Crippen molar-refractivity contribution in [2.75, 3.05) is 0 Å². The van der Waals surface area contributed by atoms with Crippen LogP contribution in [0.1, 0.15) is 41.0 Å². The number of rotatable bonds is 3. The monoisotopic (exact) mass is 227 g/mol. The van der Waals surface area contributed by atoms with Gasteiger partial charge in [0.2, 0.25) is 5.91 Å². The summed E-state index contributed by atoms with van der Waals surface area (Å²) in [6.07, 6.45) is -4.26. The Labute approximate surface area is 89.2 Å². The van der Waals surface area contributed by atoms with Crippen molar-refractivity contribution >= 4 is 5.91 Å². The van der Waals surface area contributed by atoms with E-state index in [-0.39, 0.29) is 6.42 Å². The summed E-state index contributed by atoms with van der Waals surface area (Å²) < 4.78 is 36.8. The second-order valence-electron chi connectivity index (χ2n) is 3.05. The topological polar surface area (TPSA) is 29.1 Å². The lowest BCUT2D eigenvalue weighted by Crippen LogP contribution is -2.43. The van der Waals surface area contributed by atoms with Crippen molar-refractivity contribution in [3.8, 4) is 0 Å². The van der Waals surface area contributed by atoms with E-state index in [0.717, 1.165) is 0 Å². The normalized spacial score (nSPS) is 14.7. The summed E-state index contributed by atoms with van der Waals surface area (Å²) in [4.78, 5) is 10.5. The molecule has 0 saturated carbocycles. The Balaban J connectivity index is 0. The van der Waals surface area contributed by atoms with Gasteiger partial charge in [-0.3, -0.25) is 4.79 Å². The van der Waals surface area contributed by atoms with Crippen LogP contribution in [0.2, 0.25) is 0 Å². The first-order valence-electron chi connectivity index (χ1n) is 5.12. The van der Waals surface area contributed by atoms with Crippen molar-refractivity contribution in [1.82, 2.24) is 5.32 Å². The highest BCUT2D eigenvalue weighted by molar-refractivity contribution is 5.73. The molecule has 0 saturated heterocycles. The molecule has 92 valence electrons. The van der Waals surface area contributed by atoms with Gasteiger partial charge in [0.05, 0.1) is 5.92 Å². The summed E-state index contributed by atoms with van der Waals surface area (Å²) in [5.74, 6) is -1.90. The van der Waals surface area contributed by atoms with Gasteiger partial charge in [0.25, 0.3) is 0 Å². The molecular formula is C10H20F3NO. The molecule has 0 bridgehead atoms. The smallest absolute Gasteiger partial charge is 0.353 e. The van der Waals surface area contributed by atoms with Crippen molar-refractivity contribution in [3.63, 3.8) is 0 Å². The van der Waals surface area contributed by atoms with Crippen LogP contribution in [0.4, 0.5) is 13.2 Å². The van der Waals surface area contributed by atoms with E-state index < -0.39 is 24.0 Å². The van der Waals surface area contributed by atoms with Crippen LogP contribution in [0.15, 0.2) is 0 Å². The number of halogens is 3. The zero-order valence-electron chi connectivity index (χ0n) is 9.90. The Morgan fingerprint density at radius 3 is 1.93 bits per heavy atom. The Morgan fingerprint density at radius 2 is 1.73 bits per heavy atom. The van der Waals surface area contributed by atoms with E-state index in [0.29, 0.717) is 0 Å². The van der Waals surface area contributed by atoms with Crippen molar-refractivity contribution in [3.05, 3.63) is 0 Å². The van der Waals surface area contributed by atoms with Crippen molar-refractivity contribution in [2.45, 2.75) is 53.3 Å². The molecule has 0 aromatic rings. The molecule has 5 heteroatoms. The predicted molar refractivity (Wildman–Crippen MR) is 54.5 cm³/mol. The fourth-order valence-electron chi connectivity index (χ4n) is 1.29.